The largest absolute Gasteiger partial charge is 0.497 e. The van der Waals surface area contributed by atoms with E-state index in [1.165, 1.54) is 21.8 Å². The van der Waals surface area contributed by atoms with Crippen LogP contribution >= 0.6 is 34.3 Å². The summed E-state index contributed by atoms with van der Waals surface area (Å²) in [5.41, 5.74) is 3.06. The molecule has 0 bridgehead atoms. The molecule has 0 radical (unpaired) electrons. The molecule has 0 spiro atoms. The molecule has 0 N–H and O–H groups in total. The molecule has 0 aliphatic heterocycles. The number of nitrogens with zero attached hydrogens (tertiary/aromatic N) is 3. The predicted octanol–water partition coefficient (Wildman–Crippen LogP) is 6.44. The van der Waals surface area contributed by atoms with Crippen molar-refractivity contribution in [3.8, 4) is 17.0 Å². The predicted molar refractivity (Wildman–Crippen MR) is 137 cm³/mol. The smallest absolute Gasteiger partial charge is 0.349 e. The van der Waals surface area contributed by atoms with Crippen molar-refractivity contribution in [1.82, 2.24) is 14.5 Å². The van der Waals surface area contributed by atoms with Gasteiger partial charge in [0.15, 0.2) is 4.47 Å². The molecule has 3 aromatic heterocycles. The fourth-order valence-electron chi connectivity index (χ4n) is 4.65. The summed E-state index contributed by atoms with van der Waals surface area (Å²) in [4.78, 5) is 25.4. The second-order valence-electron chi connectivity index (χ2n) is 9.63. The van der Waals surface area contributed by atoms with Gasteiger partial charge in [0, 0.05) is 26.9 Å². The van der Waals surface area contributed by atoms with E-state index in [1.807, 2.05) is 24.3 Å². The van der Waals surface area contributed by atoms with Crippen LogP contribution in [0.25, 0.3) is 21.5 Å². The second kappa shape index (κ2) is 8.53. The topological polar surface area (TPSA) is 57.0 Å². The average Bonchev–Trinajstić information content (AvgIpc) is 3.37. The molecule has 4 aromatic rings. The van der Waals surface area contributed by atoms with E-state index >= 15 is 0 Å². The lowest BCUT2D eigenvalue weighted by Gasteiger charge is -2.33. The van der Waals surface area contributed by atoms with Crippen LogP contribution in [0.15, 0.2) is 35.3 Å². The summed E-state index contributed by atoms with van der Waals surface area (Å²) in [6.07, 6.45) is 4.94. The van der Waals surface area contributed by atoms with Gasteiger partial charge in [0.1, 0.15) is 10.6 Å². The van der Waals surface area contributed by atoms with Crippen LogP contribution < -0.4 is 10.4 Å². The number of fused-ring (bicyclic) bond motifs is 3. The number of aryl methyl sites for hydroxylation is 1. The van der Waals surface area contributed by atoms with Gasteiger partial charge in [-0.3, -0.25) is 4.57 Å². The van der Waals surface area contributed by atoms with Crippen molar-refractivity contribution in [2.45, 2.75) is 46.6 Å². The first-order chi connectivity index (χ1) is 15.7. The Morgan fingerprint density at radius 2 is 1.97 bits per heavy atom. The number of halogens is 1. The van der Waals surface area contributed by atoms with Crippen LogP contribution in [-0.4, -0.2) is 21.6 Å². The van der Waals surface area contributed by atoms with Gasteiger partial charge in [-0.05, 0) is 60.4 Å². The summed E-state index contributed by atoms with van der Waals surface area (Å²) in [5, 5.41) is 1.11. The molecule has 1 aliphatic rings. The number of hydrogen-bond donors (Lipinski definition) is 0. The standard InChI is InChI=1S/C25H26ClN3O2S2/c1-25(2,3)15-7-10-18-19(11-15)33-22-20(18)21(14-5-8-16(31-4)9-6-14)28-24(30)29(22)13-17-12-27-23(26)32-17/h5-6,8-9,12,15H,7,10-11,13H2,1-4H3. The molecule has 5 nitrogen and oxygen atoms in total. The van der Waals surface area contributed by atoms with Gasteiger partial charge in [-0.1, -0.05) is 32.4 Å². The minimum Gasteiger partial charge on any atom is -0.497 e. The zero-order valence-corrected chi connectivity index (χ0v) is 21.5. The van der Waals surface area contributed by atoms with E-state index in [9.17, 15) is 4.79 Å². The lowest BCUT2D eigenvalue weighted by molar-refractivity contribution is 0.218. The van der Waals surface area contributed by atoms with E-state index in [0.717, 1.165) is 51.4 Å². The second-order valence-corrected chi connectivity index (χ2v) is 12.4. The van der Waals surface area contributed by atoms with Gasteiger partial charge in [0.05, 0.1) is 19.3 Å². The van der Waals surface area contributed by atoms with Gasteiger partial charge in [-0.25, -0.2) is 9.78 Å². The number of thiazole rings is 1. The van der Waals surface area contributed by atoms with Gasteiger partial charge in [-0.15, -0.1) is 22.7 Å². The molecule has 3 heterocycles. The number of hydrogen-bond acceptors (Lipinski definition) is 6. The number of rotatable bonds is 4. The third-order valence-corrected chi connectivity index (χ3v) is 8.97. The van der Waals surface area contributed by atoms with Gasteiger partial charge in [-0.2, -0.15) is 4.98 Å². The monoisotopic (exact) mass is 499 g/mol. The summed E-state index contributed by atoms with van der Waals surface area (Å²) in [5.74, 6) is 1.40. The Kier molecular flexibility index (Phi) is 5.83. The van der Waals surface area contributed by atoms with Crippen LogP contribution in [0.3, 0.4) is 0 Å². The number of aromatic nitrogens is 3. The van der Waals surface area contributed by atoms with Crippen molar-refractivity contribution in [2.75, 3.05) is 7.11 Å². The summed E-state index contributed by atoms with van der Waals surface area (Å²) in [6.45, 7) is 7.40. The Morgan fingerprint density at radius 3 is 2.61 bits per heavy atom. The van der Waals surface area contributed by atoms with Crippen molar-refractivity contribution >= 4 is 44.5 Å². The van der Waals surface area contributed by atoms with Crippen LogP contribution in [0.1, 0.15) is 42.5 Å². The highest BCUT2D eigenvalue weighted by atomic mass is 35.5. The van der Waals surface area contributed by atoms with Gasteiger partial charge >= 0.3 is 5.69 Å². The van der Waals surface area contributed by atoms with E-state index < -0.39 is 0 Å². The van der Waals surface area contributed by atoms with Crippen molar-refractivity contribution < 1.29 is 4.74 Å². The number of ether oxygens (including phenoxy) is 1. The molecule has 1 aromatic carbocycles. The van der Waals surface area contributed by atoms with Crippen molar-refractivity contribution in [1.29, 1.82) is 0 Å². The van der Waals surface area contributed by atoms with E-state index in [4.69, 9.17) is 16.3 Å². The van der Waals surface area contributed by atoms with Crippen LogP contribution in [0.4, 0.5) is 0 Å². The molecule has 1 atom stereocenters. The third kappa shape index (κ3) is 4.22. The Hall–Kier alpha value is -2.22. The lowest BCUT2D eigenvalue weighted by Crippen LogP contribution is -2.26. The molecular weight excluding hydrogens is 474 g/mol. The molecule has 0 saturated carbocycles. The number of methoxy groups -OCH3 is 1. The minimum atomic E-state index is -0.246. The molecule has 0 amide bonds. The first-order valence-electron chi connectivity index (χ1n) is 11.0. The molecule has 8 heteroatoms. The number of thiophene rings is 1. The first kappa shape index (κ1) is 22.6. The Bertz CT molecular complexity index is 1380. The maximum atomic E-state index is 13.3. The van der Waals surface area contributed by atoms with Gasteiger partial charge in [0.2, 0.25) is 0 Å². The molecule has 172 valence electrons. The van der Waals surface area contributed by atoms with E-state index in [1.54, 1.807) is 29.2 Å². The highest BCUT2D eigenvalue weighted by molar-refractivity contribution is 7.19. The summed E-state index contributed by atoms with van der Waals surface area (Å²) in [6, 6.07) is 7.81. The highest BCUT2D eigenvalue weighted by Crippen LogP contribution is 2.45. The van der Waals surface area contributed by atoms with E-state index in [0.29, 0.717) is 16.9 Å². The fourth-order valence-corrected chi connectivity index (χ4v) is 7.04. The van der Waals surface area contributed by atoms with Crippen LogP contribution in [0, 0.1) is 11.3 Å². The molecule has 1 unspecified atom stereocenters. The Balaban J connectivity index is 1.71. The minimum absolute atomic E-state index is 0.246. The summed E-state index contributed by atoms with van der Waals surface area (Å²) >= 11 is 9.21. The average molecular weight is 500 g/mol. The van der Waals surface area contributed by atoms with Crippen molar-refractivity contribution in [3.05, 3.63) is 60.7 Å². The molecule has 33 heavy (non-hydrogen) atoms. The zero-order valence-electron chi connectivity index (χ0n) is 19.1. The summed E-state index contributed by atoms with van der Waals surface area (Å²) < 4.78 is 7.60. The van der Waals surface area contributed by atoms with Crippen molar-refractivity contribution in [2.24, 2.45) is 11.3 Å². The Morgan fingerprint density at radius 1 is 1.21 bits per heavy atom. The third-order valence-electron chi connectivity index (χ3n) is 6.59. The molecule has 5 rings (SSSR count). The normalized spacial score (nSPS) is 16.2. The quantitative estimate of drug-likeness (QED) is 0.324. The SMILES string of the molecule is COc1ccc(-c2nc(=O)n(Cc3cnc(Cl)s3)c3sc4c(c23)CCC(C(C)(C)C)C4)cc1. The highest BCUT2D eigenvalue weighted by Gasteiger charge is 2.32. The molecule has 0 saturated heterocycles. The maximum Gasteiger partial charge on any atom is 0.349 e. The van der Waals surface area contributed by atoms with E-state index in [-0.39, 0.29) is 11.1 Å². The van der Waals surface area contributed by atoms with Gasteiger partial charge in [0.25, 0.3) is 0 Å². The lowest BCUT2D eigenvalue weighted by atomic mass is 9.72. The first-order valence-corrected chi connectivity index (χ1v) is 13.1. The molecule has 0 fully saturated rings. The molecule has 1 aliphatic carbocycles. The van der Waals surface area contributed by atoms with Crippen LogP contribution in [0.2, 0.25) is 4.47 Å². The Labute approximate surface area is 206 Å². The van der Waals surface area contributed by atoms with Crippen molar-refractivity contribution in [3.63, 3.8) is 0 Å². The van der Waals surface area contributed by atoms with E-state index in [2.05, 4.69) is 30.7 Å². The zero-order chi connectivity index (χ0) is 23.3. The van der Waals surface area contributed by atoms with Gasteiger partial charge < -0.3 is 4.74 Å². The summed E-state index contributed by atoms with van der Waals surface area (Å²) in [7, 11) is 1.65. The molecular formula is C25H26ClN3O2S2. The fraction of sp³-hybridized carbons (Fsp3) is 0.400. The maximum absolute atomic E-state index is 13.3. The van der Waals surface area contributed by atoms with Crippen LogP contribution in [-0.2, 0) is 19.4 Å². The van der Waals surface area contributed by atoms with Crippen LogP contribution in [0.5, 0.6) is 5.75 Å². The number of benzene rings is 1.